The second-order valence-corrected chi connectivity index (χ2v) is 9.02. The van der Waals surface area contributed by atoms with Crippen molar-refractivity contribution in [3.8, 4) is 17.2 Å². The van der Waals surface area contributed by atoms with Crippen LogP contribution in [0.4, 0.5) is 0 Å². The van der Waals surface area contributed by atoms with Crippen LogP contribution >= 0.6 is 0 Å². The van der Waals surface area contributed by atoms with Crippen molar-refractivity contribution >= 4 is 21.5 Å². The third-order valence-corrected chi connectivity index (χ3v) is 7.35. The van der Waals surface area contributed by atoms with E-state index < -0.39 is 0 Å². The predicted molar refractivity (Wildman–Crippen MR) is 130 cm³/mol. The van der Waals surface area contributed by atoms with E-state index in [1.807, 2.05) is 0 Å². The van der Waals surface area contributed by atoms with Crippen molar-refractivity contribution < 1.29 is 14.2 Å². The third-order valence-electron chi connectivity index (χ3n) is 7.35. The number of nitrogens with one attached hydrogen (secondary N) is 1. The van der Waals surface area contributed by atoms with Crippen molar-refractivity contribution in [2.24, 2.45) is 0 Å². The molecule has 1 N–H and O–H groups in total. The molecule has 32 heavy (non-hydrogen) atoms. The van der Waals surface area contributed by atoms with Gasteiger partial charge >= 0.3 is 0 Å². The molecular weight excluding hydrogens is 400 g/mol. The van der Waals surface area contributed by atoms with Crippen molar-refractivity contribution in [2.75, 3.05) is 34.4 Å². The van der Waals surface area contributed by atoms with Gasteiger partial charge in [-0.25, -0.2) is 0 Å². The summed E-state index contributed by atoms with van der Waals surface area (Å²) in [5, 5.41) is 8.94. The van der Waals surface area contributed by atoms with Gasteiger partial charge in [-0.05, 0) is 89.3 Å². The summed E-state index contributed by atoms with van der Waals surface area (Å²) in [5.41, 5.74) is 2.88. The summed E-state index contributed by atoms with van der Waals surface area (Å²) in [5.74, 6) is 2.42. The van der Waals surface area contributed by atoms with Gasteiger partial charge in [0, 0.05) is 18.6 Å². The molecule has 1 saturated heterocycles. The Kier molecular flexibility index (Phi) is 5.87. The van der Waals surface area contributed by atoms with E-state index in [0.717, 1.165) is 30.3 Å². The summed E-state index contributed by atoms with van der Waals surface area (Å²) in [7, 11) is 5.15. The fourth-order valence-electron chi connectivity index (χ4n) is 5.79. The Hall–Kier alpha value is -2.50. The molecule has 0 saturated carbocycles. The number of ether oxygens (including phenoxy) is 3. The van der Waals surface area contributed by atoms with Crippen molar-refractivity contribution in [2.45, 2.75) is 51.2 Å². The number of rotatable bonds is 7. The minimum Gasteiger partial charge on any atom is -0.497 e. The normalized spacial score (nSPS) is 20.4. The second-order valence-electron chi connectivity index (χ2n) is 9.02. The van der Waals surface area contributed by atoms with E-state index in [-0.39, 0.29) is 0 Å². The molecule has 2 aliphatic rings. The Labute approximate surface area is 190 Å². The molecule has 2 atom stereocenters. The van der Waals surface area contributed by atoms with E-state index in [0.29, 0.717) is 12.1 Å². The summed E-state index contributed by atoms with van der Waals surface area (Å²) in [6.07, 6.45) is 4.92. The fourth-order valence-corrected chi connectivity index (χ4v) is 5.79. The number of nitrogens with zero attached hydrogens (tertiary/aromatic N) is 1. The predicted octanol–water partition coefficient (Wildman–Crippen LogP) is 5.43. The average molecular weight is 435 g/mol. The number of unbranched alkanes of at least 4 members (excludes halogenated alkanes) is 1. The van der Waals surface area contributed by atoms with Crippen molar-refractivity contribution in [3.05, 3.63) is 41.5 Å². The Morgan fingerprint density at radius 3 is 2.41 bits per heavy atom. The Balaban J connectivity index is 1.83. The smallest absolute Gasteiger partial charge is 0.161 e. The summed E-state index contributed by atoms with van der Waals surface area (Å²) < 4.78 is 17.0. The van der Waals surface area contributed by atoms with Crippen LogP contribution < -0.4 is 19.5 Å². The number of methoxy groups -OCH3 is 3. The molecule has 0 spiro atoms. The molecule has 2 aliphatic heterocycles. The van der Waals surface area contributed by atoms with E-state index in [9.17, 15) is 0 Å². The van der Waals surface area contributed by atoms with Crippen LogP contribution in [-0.4, -0.2) is 45.4 Å². The third kappa shape index (κ3) is 3.39. The van der Waals surface area contributed by atoms with Crippen molar-refractivity contribution in [1.29, 1.82) is 0 Å². The van der Waals surface area contributed by atoms with Gasteiger partial charge in [-0.1, -0.05) is 19.4 Å². The lowest BCUT2D eigenvalue weighted by atomic mass is 9.82. The number of benzene rings is 3. The van der Waals surface area contributed by atoms with Gasteiger partial charge in [0.2, 0.25) is 0 Å². The van der Waals surface area contributed by atoms with Crippen molar-refractivity contribution in [3.63, 3.8) is 0 Å². The van der Waals surface area contributed by atoms with Gasteiger partial charge in [0.25, 0.3) is 0 Å². The molecular formula is C27H34N2O3. The van der Waals surface area contributed by atoms with E-state index in [1.165, 1.54) is 64.9 Å². The lowest BCUT2D eigenvalue weighted by Crippen LogP contribution is -2.45. The Bertz CT molecular complexity index is 1140. The van der Waals surface area contributed by atoms with Gasteiger partial charge in [-0.2, -0.15) is 0 Å². The van der Waals surface area contributed by atoms with E-state index in [4.69, 9.17) is 14.2 Å². The zero-order chi connectivity index (χ0) is 22.2. The van der Waals surface area contributed by atoms with E-state index in [1.54, 1.807) is 21.3 Å². The quantitative estimate of drug-likeness (QED) is 0.397. The number of fused-ring (bicyclic) bond motifs is 7. The minimum atomic E-state index is 0.334. The maximum atomic E-state index is 5.71. The van der Waals surface area contributed by atoms with Crippen LogP contribution in [-0.2, 0) is 6.54 Å². The first kappa shape index (κ1) is 21.4. The second kappa shape index (κ2) is 8.80. The minimum absolute atomic E-state index is 0.334. The van der Waals surface area contributed by atoms with Gasteiger partial charge in [-0.15, -0.1) is 0 Å². The Morgan fingerprint density at radius 2 is 1.69 bits per heavy atom. The van der Waals surface area contributed by atoms with Crippen LogP contribution in [0.5, 0.6) is 17.2 Å². The average Bonchev–Trinajstić information content (AvgIpc) is 3.31. The van der Waals surface area contributed by atoms with Gasteiger partial charge in [0.15, 0.2) is 11.5 Å². The maximum absolute atomic E-state index is 5.71. The lowest BCUT2D eigenvalue weighted by molar-refractivity contribution is 0.180. The number of hydrogen-bond acceptors (Lipinski definition) is 5. The van der Waals surface area contributed by atoms with Crippen molar-refractivity contribution in [1.82, 2.24) is 10.2 Å². The first-order valence-electron chi connectivity index (χ1n) is 11.9. The van der Waals surface area contributed by atoms with Crippen LogP contribution in [0, 0.1) is 0 Å². The number of hydrogen-bond donors (Lipinski definition) is 1. The molecule has 3 aromatic rings. The van der Waals surface area contributed by atoms with Crippen LogP contribution in [0.3, 0.4) is 0 Å². The first-order valence-corrected chi connectivity index (χ1v) is 11.9. The maximum Gasteiger partial charge on any atom is 0.161 e. The van der Waals surface area contributed by atoms with Crippen LogP contribution in [0.15, 0.2) is 30.3 Å². The van der Waals surface area contributed by atoms with Gasteiger partial charge in [0.05, 0.1) is 21.3 Å². The van der Waals surface area contributed by atoms with Crippen LogP contribution in [0.2, 0.25) is 0 Å². The first-order chi connectivity index (χ1) is 15.7. The highest BCUT2D eigenvalue weighted by Crippen LogP contribution is 2.47. The highest BCUT2D eigenvalue weighted by Gasteiger charge is 2.39. The molecule has 5 nitrogen and oxygen atoms in total. The van der Waals surface area contributed by atoms with Gasteiger partial charge < -0.3 is 19.5 Å². The molecule has 5 rings (SSSR count). The summed E-state index contributed by atoms with van der Waals surface area (Å²) >= 11 is 0. The van der Waals surface area contributed by atoms with E-state index >= 15 is 0 Å². The molecule has 5 heteroatoms. The summed E-state index contributed by atoms with van der Waals surface area (Å²) in [6, 6.07) is 11.7. The van der Waals surface area contributed by atoms with Crippen LogP contribution in [0.1, 0.15) is 49.8 Å². The largest absolute Gasteiger partial charge is 0.497 e. The summed E-state index contributed by atoms with van der Waals surface area (Å²) in [6.45, 7) is 5.46. The molecule has 170 valence electrons. The Morgan fingerprint density at radius 1 is 0.938 bits per heavy atom. The molecule has 0 unspecified atom stereocenters. The highest BCUT2D eigenvalue weighted by atomic mass is 16.5. The molecule has 3 aromatic carbocycles. The molecule has 0 aliphatic carbocycles. The molecule has 0 radical (unpaired) electrons. The standard InChI is InChI=1S/C27H34N2O3/c1-5-6-11-28-27-23-8-7-12-29(23)16-22-21-15-25(32-4)24(31-3)14-20(21)19-13-17(30-2)9-10-18(19)26(22)27/h9-10,13-15,23,27-28H,5-8,11-12,16H2,1-4H3/t23-,27-/m0/s1. The topological polar surface area (TPSA) is 43.0 Å². The van der Waals surface area contributed by atoms with E-state index in [2.05, 4.69) is 47.5 Å². The SMILES string of the molecule is CCCCN[C@@H]1c2c(c3cc(OC)c(OC)cc3c3cc(OC)ccc23)CN2CCC[C@@H]12. The molecule has 2 heterocycles. The molecule has 0 bridgehead atoms. The van der Waals surface area contributed by atoms with Gasteiger partial charge in [-0.3, -0.25) is 4.90 Å². The lowest BCUT2D eigenvalue weighted by Gasteiger charge is -2.40. The molecule has 0 aromatic heterocycles. The van der Waals surface area contributed by atoms with Gasteiger partial charge in [0.1, 0.15) is 5.75 Å². The van der Waals surface area contributed by atoms with Crippen LogP contribution in [0.25, 0.3) is 21.5 Å². The molecule has 1 fully saturated rings. The summed E-state index contributed by atoms with van der Waals surface area (Å²) in [4.78, 5) is 2.68. The highest BCUT2D eigenvalue weighted by molar-refractivity contribution is 6.12. The zero-order valence-corrected chi connectivity index (χ0v) is 19.7. The zero-order valence-electron chi connectivity index (χ0n) is 19.7. The fraction of sp³-hybridized carbons (Fsp3) is 0.481. The molecule has 0 amide bonds. The monoisotopic (exact) mass is 434 g/mol.